The van der Waals surface area contributed by atoms with Gasteiger partial charge in [0.15, 0.2) is 0 Å². The van der Waals surface area contributed by atoms with E-state index in [-0.39, 0.29) is 5.57 Å². The first-order chi connectivity index (χ1) is 10.2. The number of carboxylic acids is 2. The highest BCUT2D eigenvalue weighted by atomic mass is 79.9. The van der Waals surface area contributed by atoms with E-state index in [0.29, 0.717) is 12.0 Å². The summed E-state index contributed by atoms with van der Waals surface area (Å²) in [6.07, 6.45) is 3.77. The van der Waals surface area contributed by atoms with Gasteiger partial charge in [-0.25, -0.2) is 4.79 Å². The fraction of sp³-hybridized carbons (Fsp3) is 0.294. The monoisotopic (exact) mass is 364 g/mol. The third-order valence-corrected chi connectivity index (χ3v) is 4.53. The van der Waals surface area contributed by atoms with Gasteiger partial charge >= 0.3 is 11.9 Å². The van der Waals surface area contributed by atoms with Crippen LogP contribution in [-0.4, -0.2) is 22.2 Å². The summed E-state index contributed by atoms with van der Waals surface area (Å²) in [5.41, 5.74) is 0.904. The summed E-state index contributed by atoms with van der Waals surface area (Å²) in [7, 11) is 0. The molecule has 0 bridgehead atoms. The maximum absolute atomic E-state index is 11.5. The second kappa shape index (κ2) is 6.08. The van der Waals surface area contributed by atoms with Crippen LogP contribution in [0.3, 0.4) is 0 Å². The van der Waals surface area contributed by atoms with Gasteiger partial charge in [0.2, 0.25) is 0 Å². The summed E-state index contributed by atoms with van der Waals surface area (Å²) < 4.78 is 0.959. The van der Waals surface area contributed by atoms with Crippen molar-refractivity contribution in [3.05, 3.63) is 57.6 Å². The van der Waals surface area contributed by atoms with Crippen molar-refractivity contribution in [2.24, 2.45) is 11.3 Å². The number of hydrogen-bond acceptors (Lipinski definition) is 2. The Balaban J connectivity index is 2.39. The van der Waals surface area contributed by atoms with E-state index < -0.39 is 23.3 Å². The molecule has 5 heteroatoms. The zero-order valence-corrected chi connectivity index (χ0v) is 13.9. The topological polar surface area (TPSA) is 74.6 Å². The molecule has 0 radical (unpaired) electrons. The minimum atomic E-state index is -1.07. The van der Waals surface area contributed by atoms with Crippen LogP contribution in [0, 0.1) is 11.3 Å². The molecule has 1 aliphatic rings. The normalized spacial score (nSPS) is 20.0. The van der Waals surface area contributed by atoms with Gasteiger partial charge in [-0.05, 0) is 35.8 Å². The number of aliphatic carboxylic acids is 2. The van der Waals surface area contributed by atoms with Crippen molar-refractivity contribution in [1.29, 1.82) is 0 Å². The molecule has 0 saturated carbocycles. The Morgan fingerprint density at radius 1 is 1.18 bits per heavy atom. The van der Waals surface area contributed by atoms with Crippen molar-refractivity contribution >= 4 is 27.9 Å². The van der Waals surface area contributed by atoms with Crippen LogP contribution in [0.1, 0.15) is 19.4 Å². The Bertz CT molecular complexity index is 668. The van der Waals surface area contributed by atoms with Crippen LogP contribution < -0.4 is 0 Å². The van der Waals surface area contributed by atoms with Crippen molar-refractivity contribution in [1.82, 2.24) is 0 Å². The van der Waals surface area contributed by atoms with Gasteiger partial charge in [0.25, 0.3) is 0 Å². The lowest BCUT2D eigenvalue weighted by Gasteiger charge is -2.34. The average Bonchev–Trinajstić information content (AvgIpc) is 2.42. The predicted octanol–water partition coefficient (Wildman–Crippen LogP) is 3.67. The van der Waals surface area contributed by atoms with E-state index in [4.69, 9.17) is 0 Å². The fourth-order valence-corrected chi connectivity index (χ4v) is 2.94. The van der Waals surface area contributed by atoms with Crippen LogP contribution in [-0.2, 0) is 16.0 Å². The molecule has 0 spiro atoms. The van der Waals surface area contributed by atoms with Gasteiger partial charge in [-0.15, -0.1) is 0 Å². The Kier molecular flexibility index (Phi) is 4.56. The molecule has 0 fully saturated rings. The van der Waals surface area contributed by atoms with Crippen LogP contribution in [0.25, 0.3) is 0 Å². The second-order valence-corrected chi connectivity index (χ2v) is 6.86. The molecule has 2 rings (SSSR count). The molecule has 4 nitrogen and oxygen atoms in total. The Morgan fingerprint density at radius 3 is 2.27 bits per heavy atom. The van der Waals surface area contributed by atoms with Crippen LogP contribution in [0.5, 0.6) is 0 Å². The van der Waals surface area contributed by atoms with E-state index in [2.05, 4.69) is 15.9 Å². The number of benzene rings is 1. The largest absolute Gasteiger partial charge is 0.481 e. The average molecular weight is 365 g/mol. The van der Waals surface area contributed by atoms with Gasteiger partial charge in [-0.2, -0.15) is 0 Å². The standard InChI is InChI=1S/C17H17BrO4/c1-17(2)13(15(19)20)8-11(9-14(17)16(21)22)7-10-3-5-12(18)6-4-10/h3-6,8-9,13H,7H2,1-2H3,(H,19,20)(H,21,22). The van der Waals surface area contributed by atoms with Gasteiger partial charge in [-0.3, -0.25) is 4.79 Å². The quantitative estimate of drug-likeness (QED) is 0.854. The Labute approximate surface area is 137 Å². The highest BCUT2D eigenvalue weighted by Crippen LogP contribution is 2.41. The molecule has 0 saturated heterocycles. The van der Waals surface area contributed by atoms with Crippen molar-refractivity contribution in [3.63, 3.8) is 0 Å². The van der Waals surface area contributed by atoms with E-state index in [1.807, 2.05) is 24.3 Å². The van der Waals surface area contributed by atoms with Gasteiger partial charge in [0.05, 0.1) is 5.92 Å². The minimum Gasteiger partial charge on any atom is -0.481 e. The number of carboxylic acid groups (broad SMARTS) is 2. The van der Waals surface area contributed by atoms with E-state index in [1.165, 1.54) is 0 Å². The molecular formula is C17H17BrO4. The van der Waals surface area contributed by atoms with Gasteiger partial charge in [-0.1, -0.05) is 48.0 Å². The highest BCUT2D eigenvalue weighted by molar-refractivity contribution is 9.10. The molecular weight excluding hydrogens is 348 g/mol. The lowest BCUT2D eigenvalue weighted by molar-refractivity contribution is -0.143. The molecule has 22 heavy (non-hydrogen) atoms. The first-order valence-corrected chi connectivity index (χ1v) is 7.64. The number of hydrogen-bond donors (Lipinski definition) is 2. The molecule has 1 atom stereocenters. The summed E-state index contributed by atoms with van der Waals surface area (Å²) in [6.45, 7) is 3.30. The number of rotatable bonds is 4. The van der Waals surface area contributed by atoms with E-state index >= 15 is 0 Å². The number of carbonyl (C=O) groups is 2. The summed E-state index contributed by atoms with van der Waals surface area (Å²) in [5, 5.41) is 18.8. The molecule has 0 amide bonds. The summed E-state index contributed by atoms with van der Waals surface area (Å²) >= 11 is 3.36. The van der Waals surface area contributed by atoms with Crippen LogP contribution >= 0.6 is 15.9 Å². The summed E-state index contributed by atoms with van der Waals surface area (Å²) in [6, 6.07) is 7.65. The molecule has 1 aromatic rings. The Morgan fingerprint density at radius 2 is 1.77 bits per heavy atom. The first kappa shape index (κ1) is 16.5. The van der Waals surface area contributed by atoms with E-state index in [1.54, 1.807) is 26.0 Å². The van der Waals surface area contributed by atoms with Crippen molar-refractivity contribution in [2.45, 2.75) is 20.3 Å². The molecule has 0 heterocycles. The van der Waals surface area contributed by atoms with E-state index in [0.717, 1.165) is 10.0 Å². The zero-order chi connectivity index (χ0) is 16.5. The highest BCUT2D eigenvalue weighted by Gasteiger charge is 2.42. The van der Waals surface area contributed by atoms with Crippen molar-refractivity contribution in [2.75, 3.05) is 0 Å². The number of halogens is 1. The lowest BCUT2D eigenvalue weighted by atomic mass is 9.68. The SMILES string of the molecule is CC1(C)C(C(=O)O)=CC(Cc2ccc(Br)cc2)=CC1C(=O)O. The van der Waals surface area contributed by atoms with Crippen LogP contribution in [0.4, 0.5) is 0 Å². The molecule has 1 unspecified atom stereocenters. The smallest absolute Gasteiger partial charge is 0.332 e. The summed E-state index contributed by atoms with van der Waals surface area (Å²) in [4.78, 5) is 23.0. The molecule has 1 aromatic carbocycles. The fourth-order valence-electron chi connectivity index (χ4n) is 2.67. The maximum Gasteiger partial charge on any atom is 0.332 e. The van der Waals surface area contributed by atoms with Crippen LogP contribution in [0.2, 0.25) is 0 Å². The molecule has 1 aliphatic carbocycles. The minimum absolute atomic E-state index is 0.134. The zero-order valence-electron chi connectivity index (χ0n) is 12.3. The molecule has 116 valence electrons. The van der Waals surface area contributed by atoms with Gasteiger partial charge in [0, 0.05) is 15.5 Å². The molecule has 2 N–H and O–H groups in total. The lowest BCUT2D eigenvalue weighted by Crippen LogP contribution is -2.36. The van der Waals surface area contributed by atoms with Crippen molar-refractivity contribution < 1.29 is 19.8 Å². The molecule has 0 aromatic heterocycles. The predicted molar refractivity (Wildman–Crippen MR) is 86.6 cm³/mol. The summed E-state index contributed by atoms with van der Waals surface area (Å²) in [5.74, 6) is -2.93. The number of allylic oxidation sites excluding steroid dienone is 2. The van der Waals surface area contributed by atoms with Gasteiger partial charge < -0.3 is 10.2 Å². The van der Waals surface area contributed by atoms with Crippen molar-refractivity contribution in [3.8, 4) is 0 Å². The van der Waals surface area contributed by atoms with E-state index in [9.17, 15) is 19.8 Å². The second-order valence-electron chi connectivity index (χ2n) is 5.95. The van der Waals surface area contributed by atoms with Gasteiger partial charge in [0.1, 0.15) is 0 Å². The third kappa shape index (κ3) is 3.30. The first-order valence-electron chi connectivity index (χ1n) is 6.85. The maximum atomic E-state index is 11.5. The molecule has 0 aliphatic heterocycles. The Hall–Kier alpha value is -1.88. The van der Waals surface area contributed by atoms with Crippen LogP contribution in [0.15, 0.2) is 52.0 Å². The third-order valence-electron chi connectivity index (χ3n) is 4.00.